The number of amides is 1. The van der Waals surface area contributed by atoms with Crippen molar-refractivity contribution >= 4 is 40.8 Å². The maximum atomic E-state index is 13.0. The Kier molecular flexibility index (Phi) is 7.83. The number of anilines is 2. The van der Waals surface area contributed by atoms with Crippen LogP contribution in [0.3, 0.4) is 0 Å². The van der Waals surface area contributed by atoms with Gasteiger partial charge < -0.3 is 15.0 Å². The number of halogens is 1. The molecule has 34 heavy (non-hydrogen) atoms. The largest absolute Gasteiger partial charge is 0.466 e. The lowest BCUT2D eigenvalue weighted by Gasteiger charge is -2.33. The van der Waals surface area contributed by atoms with Gasteiger partial charge in [0.2, 0.25) is 0 Å². The van der Waals surface area contributed by atoms with Crippen molar-refractivity contribution in [3.8, 4) is 0 Å². The molecular weight excluding hydrogens is 454 g/mol. The summed E-state index contributed by atoms with van der Waals surface area (Å²) in [5.41, 5.74) is 1.45. The monoisotopic (exact) mass is 483 g/mol. The number of rotatable bonds is 9. The number of pyridine rings is 1. The number of nitrogens with zero attached hydrogens (tertiary/aromatic N) is 2. The van der Waals surface area contributed by atoms with E-state index in [4.69, 9.17) is 16.3 Å². The number of benzene rings is 1. The molecule has 0 unspecified atom stereocenters. The number of Topliss-reactive ketones (excluding diaryl/α,β-unsaturated/α-hetero) is 1. The Bertz CT molecular complexity index is 1060. The van der Waals surface area contributed by atoms with E-state index < -0.39 is 0 Å². The molecule has 1 aromatic heterocycles. The number of ketones is 1. The Morgan fingerprint density at radius 2 is 1.79 bits per heavy atom. The first-order chi connectivity index (χ1) is 16.4. The van der Waals surface area contributed by atoms with Gasteiger partial charge in [-0.25, -0.2) is 4.98 Å². The highest BCUT2D eigenvalue weighted by Crippen LogP contribution is 2.35. The fourth-order valence-electron chi connectivity index (χ4n) is 4.28. The Morgan fingerprint density at radius 3 is 2.47 bits per heavy atom. The summed E-state index contributed by atoms with van der Waals surface area (Å²) >= 11 is 6.06. The molecule has 0 radical (unpaired) electrons. The highest BCUT2D eigenvalue weighted by atomic mass is 35.5. The summed E-state index contributed by atoms with van der Waals surface area (Å²) in [5, 5.41) is 3.42. The van der Waals surface area contributed by atoms with Crippen LogP contribution in [0.2, 0.25) is 5.02 Å². The van der Waals surface area contributed by atoms with E-state index in [1.807, 2.05) is 6.92 Å². The van der Waals surface area contributed by atoms with Crippen molar-refractivity contribution in [3.63, 3.8) is 0 Å². The lowest BCUT2D eigenvalue weighted by atomic mass is 9.93. The molecule has 2 aromatic rings. The zero-order valence-electron chi connectivity index (χ0n) is 19.4. The summed E-state index contributed by atoms with van der Waals surface area (Å²) in [7, 11) is 0. The van der Waals surface area contributed by atoms with E-state index in [0.717, 1.165) is 25.7 Å². The number of piperidine rings is 1. The Morgan fingerprint density at radius 1 is 1.06 bits per heavy atom. The van der Waals surface area contributed by atoms with Gasteiger partial charge in [-0.05, 0) is 68.7 Å². The first kappa shape index (κ1) is 24.2. The highest BCUT2D eigenvalue weighted by molar-refractivity contribution is 6.31. The Labute approximate surface area is 204 Å². The lowest BCUT2D eigenvalue weighted by Crippen LogP contribution is -2.36. The van der Waals surface area contributed by atoms with Crippen LogP contribution in [0.4, 0.5) is 11.5 Å². The van der Waals surface area contributed by atoms with Gasteiger partial charge in [-0.2, -0.15) is 0 Å². The number of hydrogen-bond acceptors (Lipinski definition) is 6. The number of hydrogen-bond donors (Lipinski definition) is 1. The molecule has 1 aliphatic carbocycles. The van der Waals surface area contributed by atoms with Crippen LogP contribution in [-0.2, 0) is 9.53 Å². The quantitative estimate of drug-likeness (QED) is 0.392. The van der Waals surface area contributed by atoms with Crippen molar-refractivity contribution in [3.05, 3.63) is 52.7 Å². The van der Waals surface area contributed by atoms with Gasteiger partial charge in [0, 0.05) is 48.3 Å². The van der Waals surface area contributed by atoms with Crippen molar-refractivity contribution in [1.29, 1.82) is 0 Å². The van der Waals surface area contributed by atoms with Crippen LogP contribution in [0.1, 0.15) is 66.2 Å². The molecule has 0 atom stereocenters. The first-order valence-corrected chi connectivity index (χ1v) is 12.3. The molecule has 0 spiro atoms. The van der Waals surface area contributed by atoms with Gasteiger partial charge in [-0.3, -0.25) is 14.4 Å². The topological polar surface area (TPSA) is 88.6 Å². The predicted molar refractivity (Wildman–Crippen MR) is 132 cm³/mol. The zero-order valence-corrected chi connectivity index (χ0v) is 20.1. The average molecular weight is 484 g/mol. The summed E-state index contributed by atoms with van der Waals surface area (Å²) < 4.78 is 5.08. The third kappa shape index (κ3) is 6.35. The molecule has 1 saturated carbocycles. The summed E-state index contributed by atoms with van der Waals surface area (Å²) in [6.45, 7) is 3.60. The van der Waals surface area contributed by atoms with Crippen LogP contribution in [0.15, 0.2) is 36.5 Å². The third-order valence-electron chi connectivity index (χ3n) is 6.37. The number of carbonyl (C=O) groups excluding carboxylic acids is 3. The number of aromatic nitrogens is 1. The molecule has 4 rings (SSSR count). The maximum Gasteiger partial charge on any atom is 0.306 e. The van der Waals surface area contributed by atoms with Gasteiger partial charge in [0.1, 0.15) is 0 Å². The summed E-state index contributed by atoms with van der Waals surface area (Å²) in [4.78, 5) is 44.2. The second-order valence-electron chi connectivity index (χ2n) is 9.07. The van der Waals surface area contributed by atoms with Crippen LogP contribution in [0, 0.1) is 11.8 Å². The molecule has 1 aromatic carbocycles. The minimum atomic E-state index is -0.311. The smallest absolute Gasteiger partial charge is 0.306 e. The predicted octanol–water partition coefficient (Wildman–Crippen LogP) is 5.14. The van der Waals surface area contributed by atoms with Gasteiger partial charge in [-0.15, -0.1) is 0 Å². The van der Waals surface area contributed by atoms with Gasteiger partial charge in [0.05, 0.1) is 12.3 Å². The van der Waals surface area contributed by atoms with E-state index in [-0.39, 0.29) is 23.6 Å². The standard InChI is InChI=1S/C26H30ClN3O4/c1-2-34-24(32)13-18-8-10-30(11-9-18)25-22(29-26(33)19-4-3-5-21(27)14-19)15-20(16-28-25)23(31)12-17-6-7-17/h3-5,14-18H,2,6-13H2,1H3,(H,29,33). The third-order valence-corrected chi connectivity index (χ3v) is 6.60. The summed E-state index contributed by atoms with van der Waals surface area (Å²) in [5.74, 6) is 0.941. The molecule has 1 N–H and O–H groups in total. The van der Waals surface area contributed by atoms with Crippen molar-refractivity contribution in [2.24, 2.45) is 11.8 Å². The number of esters is 1. The second kappa shape index (κ2) is 11.0. The Balaban J connectivity index is 1.52. The number of carbonyl (C=O) groups is 3. The fourth-order valence-corrected chi connectivity index (χ4v) is 4.48. The summed E-state index contributed by atoms with van der Waals surface area (Å²) in [6, 6.07) is 8.47. The van der Waals surface area contributed by atoms with Crippen LogP contribution in [-0.4, -0.2) is 42.3 Å². The molecule has 2 heterocycles. The van der Waals surface area contributed by atoms with Crippen LogP contribution in [0.25, 0.3) is 0 Å². The van der Waals surface area contributed by atoms with Gasteiger partial charge in [-0.1, -0.05) is 17.7 Å². The minimum Gasteiger partial charge on any atom is -0.466 e. The van der Waals surface area contributed by atoms with Crippen molar-refractivity contribution in [2.45, 2.75) is 45.4 Å². The van der Waals surface area contributed by atoms with Crippen molar-refractivity contribution < 1.29 is 19.1 Å². The zero-order chi connectivity index (χ0) is 24.1. The molecule has 7 nitrogen and oxygen atoms in total. The van der Waals surface area contributed by atoms with Crippen molar-refractivity contribution in [2.75, 3.05) is 29.9 Å². The van der Waals surface area contributed by atoms with Crippen LogP contribution < -0.4 is 10.2 Å². The fraction of sp³-hybridized carbons (Fsp3) is 0.462. The molecule has 180 valence electrons. The number of nitrogens with one attached hydrogen (secondary N) is 1. The van der Waals surface area contributed by atoms with Crippen molar-refractivity contribution in [1.82, 2.24) is 4.98 Å². The number of ether oxygens (including phenoxy) is 1. The summed E-state index contributed by atoms with van der Waals surface area (Å²) in [6.07, 6.45) is 6.38. The molecule has 2 fully saturated rings. The molecule has 0 bridgehead atoms. The van der Waals surface area contributed by atoms with Gasteiger partial charge in [0.25, 0.3) is 5.91 Å². The van der Waals surface area contributed by atoms with E-state index in [1.165, 1.54) is 0 Å². The molecule has 8 heteroatoms. The second-order valence-corrected chi connectivity index (χ2v) is 9.51. The molecule has 1 saturated heterocycles. The molecule has 1 amide bonds. The molecule has 2 aliphatic rings. The van der Waals surface area contributed by atoms with Crippen LogP contribution in [0.5, 0.6) is 0 Å². The first-order valence-electron chi connectivity index (χ1n) is 11.9. The van der Waals surface area contributed by atoms with Crippen LogP contribution >= 0.6 is 11.6 Å². The molecular formula is C26H30ClN3O4. The highest BCUT2D eigenvalue weighted by Gasteiger charge is 2.28. The van der Waals surface area contributed by atoms with Gasteiger partial charge in [0.15, 0.2) is 11.6 Å². The van der Waals surface area contributed by atoms with E-state index in [1.54, 1.807) is 36.5 Å². The van der Waals surface area contributed by atoms with E-state index in [0.29, 0.717) is 66.1 Å². The van der Waals surface area contributed by atoms with Gasteiger partial charge >= 0.3 is 5.97 Å². The maximum absolute atomic E-state index is 13.0. The van der Waals surface area contributed by atoms with E-state index in [9.17, 15) is 14.4 Å². The van der Waals surface area contributed by atoms with E-state index >= 15 is 0 Å². The Hall–Kier alpha value is -2.93. The molecule has 1 aliphatic heterocycles. The van der Waals surface area contributed by atoms with E-state index in [2.05, 4.69) is 15.2 Å². The SMILES string of the molecule is CCOC(=O)CC1CCN(c2ncc(C(=O)CC3CC3)cc2NC(=O)c2cccc(Cl)c2)CC1. The average Bonchev–Trinajstić information content (AvgIpc) is 3.64. The lowest BCUT2D eigenvalue weighted by molar-refractivity contribution is -0.144. The minimum absolute atomic E-state index is 0.0490. The normalized spacial score (nSPS) is 16.2.